The van der Waals surface area contributed by atoms with Gasteiger partial charge in [-0.3, -0.25) is 4.79 Å². The van der Waals surface area contributed by atoms with Crippen molar-refractivity contribution in [3.05, 3.63) is 41.5 Å². The molecular formula is C20H28N4O2. The quantitative estimate of drug-likeness (QED) is 0.798. The van der Waals surface area contributed by atoms with Gasteiger partial charge in [0.1, 0.15) is 17.4 Å². The molecule has 1 amide bonds. The fourth-order valence-corrected chi connectivity index (χ4v) is 3.59. The summed E-state index contributed by atoms with van der Waals surface area (Å²) in [6.07, 6.45) is 3.03. The van der Waals surface area contributed by atoms with Crippen molar-refractivity contribution in [1.82, 2.24) is 19.7 Å². The van der Waals surface area contributed by atoms with E-state index in [0.29, 0.717) is 5.92 Å². The number of amides is 1. The number of ether oxygens (including phenoxy) is 1. The van der Waals surface area contributed by atoms with E-state index in [2.05, 4.69) is 17.0 Å². The summed E-state index contributed by atoms with van der Waals surface area (Å²) in [5.41, 5.74) is 1.13. The number of aromatic nitrogens is 3. The van der Waals surface area contributed by atoms with Crippen LogP contribution in [-0.2, 0) is 17.8 Å². The molecule has 1 aliphatic rings. The first-order valence-corrected chi connectivity index (χ1v) is 9.43. The number of aryl methyl sites for hydroxylation is 3. The van der Waals surface area contributed by atoms with Gasteiger partial charge in [0.25, 0.3) is 5.91 Å². The van der Waals surface area contributed by atoms with Crippen LogP contribution < -0.4 is 4.74 Å². The summed E-state index contributed by atoms with van der Waals surface area (Å²) in [7, 11) is 0. The van der Waals surface area contributed by atoms with E-state index in [1.165, 1.54) is 0 Å². The molecule has 0 N–H and O–H groups in total. The molecule has 1 unspecified atom stereocenters. The van der Waals surface area contributed by atoms with Crippen LogP contribution in [0.1, 0.15) is 37.0 Å². The van der Waals surface area contributed by atoms with Crippen molar-refractivity contribution in [2.75, 3.05) is 19.7 Å². The Hall–Kier alpha value is -2.37. The lowest BCUT2D eigenvalue weighted by Crippen LogP contribution is -2.43. The zero-order chi connectivity index (χ0) is 18.5. The van der Waals surface area contributed by atoms with Crippen LogP contribution in [0.25, 0.3) is 0 Å². The fraction of sp³-hybridized carbons (Fsp3) is 0.550. The standard InChI is InChI=1S/C20H28N4O2/c1-4-18-9-5-6-10-19(18)26-14-20(25)23-11-7-8-17(12-23)13-24-16(3)21-15(2)22-24/h5-6,9-10,17H,4,7-8,11-14H2,1-3H3. The molecule has 2 heterocycles. The zero-order valence-electron chi connectivity index (χ0n) is 15.9. The Morgan fingerprint density at radius 3 is 2.85 bits per heavy atom. The molecule has 1 saturated heterocycles. The second kappa shape index (κ2) is 8.34. The average molecular weight is 356 g/mol. The Balaban J connectivity index is 1.55. The van der Waals surface area contributed by atoms with E-state index in [1.807, 2.05) is 47.7 Å². The molecule has 1 aromatic heterocycles. The van der Waals surface area contributed by atoms with Crippen molar-refractivity contribution in [3.8, 4) is 5.75 Å². The molecule has 0 aliphatic carbocycles. The predicted octanol–water partition coefficient (Wildman–Crippen LogP) is 2.77. The molecule has 26 heavy (non-hydrogen) atoms. The molecule has 1 fully saturated rings. The van der Waals surface area contributed by atoms with Crippen molar-refractivity contribution in [2.24, 2.45) is 5.92 Å². The smallest absolute Gasteiger partial charge is 0.260 e. The highest BCUT2D eigenvalue weighted by Crippen LogP contribution is 2.21. The Labute approximate surface area is 155 Å². The molecule has 6 nitrogen and oxygen atoms in total. The first-order valence-electron chi connectivity index (χ1n) is 9.43. The predicted molar refractivity (Wildman–Crippen MR) is 100 cm³/mol. The highest BCUT2D eigenvalue weighted by atomic mass is 16.5. The van der Waals surface area contributed by atoms with Crippen molar-refractivity contribution in [1.29, 1.82) is 0 Å². The number of piperidine rings is 1. The van der Waals surface area contributed by atoms with Gasteiger partial charge in [-0.15, -0.1) is 0 Å². The number of carbonyl (C=O) groups excluding carboxylic acids is 1. The summed E-state index contributed by atoms with van der Waals surface area (Å²) in [5.74, 6) is 3.02. The van der Waals surface area contributed by atoms with Crippen LogP contribution in [-0.4, -0.2) is 45.3 Å². The molecule has 1 aromatic carbocycles. The van der Waals surface area contributed by atoms with Crippen LogP contribution in [0.5, 0.6) is 5.75 Å². The monoisotopic (exact) mass is 356 g/mol. The van der Waals surface area contributed by atoms with Gasteiger partial charge >= 0.3 is 0 Å². The molecule has 0 saturated carbocycles. The number of para-hydroxylation sites is 1. The van der Waals surface area contributed by atoms with E-state index in [0.717, 1.165) is 61.9 Å². The third-order valence-electron chi connectivity index (χ3n) is 4.97. The van der Waals surface area contributed by atoms with Crippen LogP contribution in [0.4, 0.5) is 0 Å². The van der Waals surface area contributed by atoms with Crippen LogP contribution in [0.2, 0.25) is 0 Å². The Morgan fingerprint density at radius 1 is 1.31 bits per heavy atom. The van der Waals surface area contributed by atoms with Crippen molar-refractivity contribution < 1.29 is 9.53 Å². The molecular weight excluding hydrogens is 328 g/mol. The Kier molecular flexibility index (Phi) is 5.91. The van der Waals surface area contributed by atoms with E-state index in [4.69, 9.17) is 4.74 Å². The minimum absolute atomic E-state index is 0.0621. The van der Waals surface area contributed by atoms with E-state index in [-0.39, 0.29) is 12.5 Å². The van der Waals surface area contributed by atoms with Gasteiger partial charge in [0, 0.05) is 19.6 Å². The van der Waals surface area contributed by atoms with E-state index in [1.54, 1.807) is 0 Å². The van der Waals surface area contributed by atoms with Crippen molar-refractivity contribution in [2.45, 2.75) is 46.6 Å². The Morgan fingerprint density at radius 2 is 2.12 bits per heavy atom. The first kappa shape index (κ1) is 18.4. The lowest BCUT2D eigenvalue weighted by molar-refractivity contribution is -0.135. The number of rotatable bonds is 6. The molecule has 3 rings (SSSR count). The lowest BCUT2D eigenvalue weighted by atomic mass is 9.98. The molecule has 0 radical (unpaired) electrons. The van der Waals surface area contributed by atoms with Gasteiger partial charge in [-0.2, -0.15) is 5.10 Å². The first-order chi connectivity index (χ1) is 12.6. The molecule has 1 atom stereocenters. The third-order valence-corrected chi connectivity index (χ3v) is 4.97. The molecule has 1 aliphatic heterocycles. The van der Waals surface area contributed by atoms with Crippen LogP contribution in [0.15, 0.2) is 24.3 Å². The zero-order valence-corrected chi connectivity index (χ0v) is 15.9. The Bertz CT molecular complexity index is 756. The van der Waals surface area contributed by atoms with E-state index < -0.39 is 0 Å². The van der Waals surface area contributed by atoms with E-state index in [9.17, 15) is 4.79 Å². The second-order valence-electron chi connectivity index (χ2n) is 6.99. The van der Waals surface area contributed by atoms with Gasteiger partial charge in [0.2, 0.25) is 0 Å². The highest BCUT2D eigenvalue weighted by molar-refractivity contribution is 5.77. The van der Waals surface area contributed by atoms with Crippen LogP contribution in [0.3, 0.4) is 0 Å². The number of benzene rings is 1. The minimum atomic E-state index is 0.0621. The summed E-state index contributed by atoms with van der Waals surface area (Å²) >= 11 is 0. The lowest BCUT2D eigenvalue weighted by Gasteiger charge is -2.32. The summed E-state index contributed by atoms with van der Waals surface area (Å²) in [4.78, 5) is 18.9. The normalized spacial score (nSPS) is 17.3. The van der Waals surface area contributed by atoms with Gasteiger partial charge in [-0.1, -0.05) is 25.1 Å². The van der Waals surface area contributed by atoms with Crippen molar-refractivity contribution >= 4 is 5.91 Å². The minimum Gasteiger partial charge on any atom is -0.483 e. The second-order valence-corrected chi connectivity index (χ2v) is 6.99. The largest absolute Gasteiger partial charge is 0.483 e. The molecule has 0 spiro atoms. The van der Waals surface area contributed by atoms with Gasteiger partial charge in [0.15, 0.2) is 6.61 Å². The number of carbonyl (C=O) groups is 1. The summed E-state index contributed by atoms with van der Waals surface area (Å²) < 4.78 is 7.76. The van der Waals surface area contributed by atoms with Gasteiger partial charge in [-0.25, -0.2) is 9.67 Å². The average Bonchev–Trinajstić information content (AvgIpc) is 2.97. The van der Waals surface area contributed by atoms with Crippen molar-refractivity contribution in [3.63, 3.8) is 0 Å². The van der Waals surface area contributed by atoms with Crippen LogP contribution in [0, 0.1) is 19.8 Å². The highest BCUT2D eigenvalue weighted by Gasteiger charge is 2.25. The van der Waals surface area contributed by atoms with Gasteiger partial charge in [0.05, 0.1) is 0 Å². The maximum Gasteiger partial charge on any atom is 0.260 e. The number of likely N-dealkylation sites (tertiary alicyclic amines) is 1. The van der Waals surface area contributed by atoms with Gasteiger partial charge < -0.3 is 9.64 Å². The maximum absolute atomic E-state index is 12.6. The molecule has 2 aromatic rings. The summed E-state index contributed by atoms with van der Waals surface area (Å²) in [6.45, 7) is 8.46. The van der Waals surface area contributed by atoms with E-state index >= 15 is 0 Å². The molecule has 140 valence electrons. The van der Waals surface area contributed by atoms with Crippen LogP contribution >= 0.6 is 0 Å². The molecule has 0 bridgehead atoms. The van der Waals surface area contributed by atoms with Gasteiger partial charge in [-0.05, 0) is 50.7 Å². The molecule has 6 heteroatoms. The SMILES string of the molecule is CCc1ccccc1OCC(=O)N1CCCC(Cn2nc(C)nc2C)C1. The number of nitrogens with zero attached hydrogens (tertiary/aromatic N) is 4. The topological polar surface area (TPSA) is 60.2 Å². The fourth-order valence-electron chi connectivity index (χ4n) is 3.59. The third kappa shape index (κ3) is 4.42. The number of hydrogen-bond donors (Lipinski definition) is 0. The maximum atomic E-state index is 12.6. The summed E-state index contributed by atoms with van der Waals surface area (Å²) in [6, 6.07) is 7.91. The number of hydrogen-bond acceptors (Lipinski definition) is 4. The summed E-state index contributed by atoms with van der Waals surface area (Å²) in [5, 5.41) is 4.45.